The summed E-state index contributed by atoms with van der Waals surface area (Å²) in [5.41, 5.74) is 0. The first-order valence-corrected chi connectivity index (χ1v) is 7.66. The van der Waals surface area contributed by atoms with Crippen molar-refractivity contribution in [3.63, 3.8) is 0 Å². The third-order valence-corrected chi connectivity index (χ3v) is 3.33. The highest BCUT2D eigenvalue weighted by atomic mass is 16.5. The molecule has 2 rings (SSSR count). The summed E-state index contributed by atoms with van der Waals surface area (Å²) in [5, 5.41) is 6.82. The van der Waals surface area contributed by atoms with Gasteiger partial charge in [0.1, 0.15) is 17.5 Å². The predicted octanol–water partition coefficient (Wildman–Crippen LogP) is 3.01. The van der Waals surface area contributed by atoms with Gasteiger partial charge in [0, 0.05) is 25.1 Å². The molecular formula is C15H26N4O. The fourth-order valence-electron chi connectivity index (χ4n) is 2.21. The van der Waals surface area contributed by atoms with Gasteiger partial charge in [0.2, 0.25) is 0 Å². The Labute approximate surface area is 121 Å². The van der Waals surface area contributed by atoms with E-state index < -0.39 is 0 Å². The minimum Gasteiger partial charge on any atom is -0.379 e. The summed E-state index contributed by atoms with van der Waals surface area (Å²) >= 11 is 0. The van der Waals surface area contributed by atoms with Crippen LogP contribution in [0.25, 0.3) is 0 Å². The first-order chi connectivity index (χ1) is 9.69. The van der Waals surface area contributed by atoms with Gasteiger partial charge in [0.05, 0.1) is 12.6 Å². The molecule has 1 aromatic heterocycles. The third-order valence-electron chi connectivity index (χ3n) is 3.33. The van der Waals surface area contributed by atoms with E-state index in [1.54, 1.807) is 0 Å². The molecule has 5 heteroatoms. The van der Waals surface area contributed by atoms with Crippen molar-refractivity contribution in [2.75, 3.05) is 30.4 Å². The number of rotatable bonds is 6. The van der Waals surface area contributed by atoms with Crippen molar-refractivity contribution in [3.05, 3.63) is 11.9 Å². The molecule has 1 saturated heterocycles. The molecular weight excluding hydrogens is 252 g/mol. The van der Waals surface area contributed by atoms with Gasteiger partial charge in [0.25, 0.3) is 0 Å². The lowest BCUT2D eigenvalue weighted by Gasteiger charge is -2.24. The van der Waals surface area contributed by atoms with E-state index in [1.165, 1.54) is 0 Å². The second kappa shape index (κ2) is 7.43. The van der Waals surface area contributed by atoms with Crippen LogP contribution in [0.1, 0.15) is 51.8 Å². The fourth-order valence-corrected chi connectivity index (χ4v) is 2.21. The largest absolute Gasteiger partial charge is 0.379 e. The zero-order chi connectivity index (χ0) is 14.4. The van der Waals surface area contributed by atoms with Crippen molar-refractivity contribution in [2.45, 2.75) is 52.0 Å². The van der Waals surface area contributed by atoms with Crippen molar-refractivity contribution >= 4 is 11.6 Å². The molecule has 1 unspecified atom stereocenters. The normalized spacial score (nSPS) is 19.1. The first kappa shape index (κ1) is 15.0. The number of ether oxygens (including phenoxy) is 1. The van der Waals surface area contributed by atoms with Crippen molar-refractivity contribution in [2.24, 2.45) is 0 Å². The Morgan fingerprint density at radius 3 is 2.80 bits per heavy atom. The Bertz CT molecular complexity index is 416. The molecule has 112 valence electrons. The number of nitrogens with one attached hydrogen (secondary N) is 2. The Balaban J connectivity index is 2.10. The Morgan fingerprint density at radius 1 is 1.35 bits per heavy atom. The van der Waals surface area contributed by atoms with Crippen LogP contribution in [0.15, 0.2) is 6.07 Å². The van der Waals surface area contributed by atoms with Crippen molar-refractivity contribution in [3.8, 4) is 0 Å². The predicted molar refractivity (Wildman–Crippen MR) is 82.4 cm³/mol. The third kappa shape index (κ3) is 4.34. The molecule has 1 fully saturated rings. The van der Waals surface area contributed by atoms with Crippen LogP contribution in [0.4, 0.5) is 11.6 Å². The van der Waals surface area contributed by atoms with Gasteiger partial charge in [-0.25, -0.2) is 9.97 Å². The fraction of sp³-hybridized carbons (Fsp3) is 0.733. The average molecular weight is 278 g/mol. The highest BCUT2D eigenvalue weighted by Gasteiger charge is 2.15. The molecule has 0 aromatic carbocycles. The Hall–Kier alpha value is -1.36. The van der Waals surface area contributed by atoms with Gasteiger partial charge in [-0.15, -0.1) is 0 Å². The molecule has 20 heavy (non-hydrogen) atoms. The molecule has 2 heterocycles. The second-order valence-electron chi connectivity index (χ2n) is 5.64. The van der Waals surface area contributed by atoms with Crippen LogP contribution in [0.2, 0.25) is 0 Å². The van der Waals surface area contributed by atoms with E-state index in [4.69, 9.17) is 4.74 Å². The minimum atomic E-state index is 0.321. The Kier molecular flexibility index (Phi) is 5.59. The van der Waals surface area contributed by atoms with E-state index in [0.717, 1.165) is 56.5 Å². The summed E-state index contributed by atoms with van der Waals surface area (Å²) in [5.74, 6) is 3.01. The smallest absolute Gasteiger partial charge is 0.135 e. The van der Waals surface area contributed by atoms with Gasteiger partial charge in [-0.1, -0.05) is 20.8 Å². The van der Waals surface area contributed by atoms with Gasteiger partial charge in [-0.2, -0.15) is 0 Å². The molecule has 0 radical (unpaired) electrons. The van der Waals surface area contributed by atoms with Crippen molar-refractivity contribution < 1.29 is 4.74 Å². The molecule has 0 bridgehead atoms. The topological polar surface area (TPSA) is 59.1 Å². The maximum absolute atomic E-state index is 5.51. The molecule has 5 nitrogen and oxygen atoms in total. The Morgan fingerprint density at radius 2 is 2.15 bits per heavy atom. The van der Waals surface area contributed by atoms with E-state index in [2.05, 4.69) is 41.4 Å². The molecule has 2 N–H and O–H groups in total. The quantitative estimate of drug-likeness (QED) is 0.837. The zero-order valence-corrected chi connectivity index (χ0v) is 12.8. The van der Waals surface area contributed by atoms with Crippen molar-refractivity contribution in [1.29, 1.82) is 0 Å². The van der Waals surface area contributed by atoms with Crippen LogP contribution >= 0.6 is 0 Å². The standard InChI is InChI=1S/C15H26N4O/c1-4-7-16-13-9-14(19-15(18-13)11(2)3)17-12-6-5-8-20-10-12/h9,11-12H,4-8,10H2,1-3H3,(H2,16,17,18,19). The van der Waals surface area contributed by atoms with Crippen LogP contribution in [0.5, 0.6) is 0 Å². The van der Waals surface area contributed by atoms with Crippen LogP contribution in [0, 0.1) is 0 Å². The molecule has 0 aliphatic carbocycles. The monoisotopic (exact) mass is 278 g/mol. The van der Waals surface area contributed by atoms with Crippen LogP contribution in [0.3, 0.4) is 0 Å². The number of hydrogen-bond acceptors (Lipinski definition) is 5. The SMILES string of the molecule is CCCNc1cc(NC2CCCOC2)nc(C(C)C)n1. The zero-order valence-electron chi connectivity index (χ0n) is 12.8. The van der Waals surface area contributed by atoms with Gasteiger partial charge in [-0.05, 0) is 19.3 Å². The highest BCUT2D eigenvalue weighted by molar-refractivity contribution is 5.48. The summed E-state index contributed by atoms with van der Waals surface area (Å²) in [6, 6.07) is 2.36. The molecule has 1 aliphatic heterocycles. The molecule has 0 amide bonds. The summed E-state index contributed by atoms with van der Waals surface area (Å²) < 4.78 is 5.51. The lowest BCUT2D eigenvalue weighted by Crippen LogP contribution is -2.30. The van der Waals surface area contributed by atoms with Crippen LogP contribution in [-0.4, -0.2) is 35.8 Å². The number of hydrogen-bond donors (Lipinski definition) is 2. The van der Waals surface area contributed by atoms with Gasteiger partial charge >= 0.3 is 0 Å². The van der Waals surface area contributed by atoms with Crippen molar-refractivity contribution in [1.82, 2.24) is 9.97 Å². The van der Waals surface area contributed by atoms with Crippen LogP contribution < -0.4 is 10.6 Å². The number of aromatic nitrogens is 2. The number of nitrogens with zero attached hydrogens (tertiary/aromatic N) is 2. The first-order valence-electron chi connectivity index (χ1n) is 7.66. The van der Waals surface area contributed by atoms with Crippen LogP contribution in [-0.2, 0) is 4.74 Å². The minimum absolute atomic E-state index is 0.321. The highest BCUT2D eigenvalue weighted by Crippen LogP contribution is 2.19. The second-order valence-corrected chi connectivity index (χ2v) is 5.64. The average Bonchev–Trinajstić information content (AvgIpc) is 2.46. The molecule has 1 aromatic rings. The summed E-state index contributed by atoms with van der Waals surface area (Å²) in [7, 11) is 0. The lowest BCUT2D eigenvalue weighted by atomic mass is 10.1. The molecule has 1 aliphatic rings. The van der Waals surface area contributed by atoms with E-state index in [9.17, 15) is 0 Å². The van der Waals surface area contributed by atoms with Gasteiger partial charge in [-0.3, -0.25) is 0 Å². The molecule has 1 atom stereocenters. The molecule has 0 spiro atoms. The summed E-state index contributed by atoms with van der Waals surface area (Å²) in [6.07, 6.45) is 3.33. The molecule has 0 saturated carbocycles. The van der Waals surface area contributed by atoms with E-state index in [1.807, 2.05) is 6.07 Å². The number of anilines is 2. The summed E-state index contributed by atoms with van der Waals surface area (Å²) in [4.78, 5) is 9.19. The maximum atomic E-state index is 5.51. The van der Waals surface area contributed by atoms with E-state index in [0.29, 0.717) is 12.0 Å². The summed E-state index contributed by atoms with van der Waals surface area (Å²) in [6.45, 7) is 8.96. The van der Waals surface area contributed by atoms with E-state index >= 15 is 0 Å². The van der Waals surface area contributed by atoms with E-state index in [-0.39, 0.29) is 0 Å². The van der Waals surface area contributed by atoms with Gasteiger partial charge < -0.3 is 15.4 Å². The lowest BCUT2D eigenvalue weighted by molar-refractivity contribution is 0.0875. The van der Waals surface area contributed by atoms with Gasteiger partial charge in [0.15, 0.2) is 0 Å². The maximum Gasteiger partial charge on any atom is 0.135 e.